The minimum absolute atomic E-state index is 0.00304. The van der Waals surface area contributed by atoms with Crippen LogP contribution in [0, 0.1) is 13.8 Å². The number of hydrogen-bond donors (Lipinski definition) is 1. The number of aromatic nitrogens is 2. The Morgan fingerprint density at radius 2 is 1.96 bits per heavy atom. The van der Waals surface area contributed by atoms with Crippen molar-refractivity contribution in [2.45, 2.75) is 33.3 Å². The highest BCUT2D eigenvalue weighted by atomic mass is 16.5. The second-order valence-electron chi connectivity index (χ2n) is 6.37. The van der Waals surface area contributed by atoms with Gasteiger partial charge >= 0.3 is 0 Å². The lowest BCUT2D eigenvalue weighted by Gasteiger charge is -2.08. The fourth-order valence-corrected chi connectivity index (χ4v) is 2.71. The lowest BCUT2D eigenvalue weighted by Crippen LogP contribution is -2.27. The third kappa shape index (κ3) is 5.41. The number of ether oxygens (including phenoxy) is 1. The predicted octanol–water partition coefficient (Wildman–Crippen LogP) is 3.17. The maximum absolute atomic E-state index is 12.1. The fourth-order valence-electron chi connectivity index (χ4n) is 2.71. The van der Waals surface area contributed by atoms with E-state index >= 15 is 0 Å². The van der Waals surface area contributed by atoms with E-state index in [1.165, 1.54) is 0 Å². The molecule has 2 aromatic heterocycles. The van der Waals surface area contributed by atoms with Crippen LogP contribution >= 0.6 is 0 Å². The van der Waals surface area contributed by atoms with E-state index in [0.717, 1.165) is 40.3 Å². The maximum atomic E-state index is 12.1. The van der Waals surface area contributed by atoms with E-state index in [2.05, 4.69) is 15.5 Å². The number of rotatable bonds is 8. The zero-order valence-corrected chi connectivity index (χ0v) is 15.6. The smallest absolute Gasteiger partial charge is 0.224 e. The molecule has 1 N–H and O–H groups in total. The van der Waals surface area contributed by atoms with Gasteiger partial charge < -0.3 is 14.6 Å². The first-order valence-electron chi connectivity index (χ1n) is 8.91. The Bertz CT molecular complexity index is 854. The van der Waals surface area contributed by atoms with Gasteiger partial charge in [0.15, 0.2) is 0 Å². The third-order valence-electron chi connectivity index (χ3n) is 4.31. The molecule has 0 saturated carbocycles. The van der Waals surface area contributed by atoms with Crippen LogP contribution in [0.2, 0.25) is 0 Å². The number of aryl methyl sites for hydroxylation is 2. The predicted molar refractivity (Wildman–Crippen MR) is 101 cm³/mol. The first kappa shape index (κ1) is 18.6. The van der Waals surface area contributed by atoms with Gasteiger partial charge in [0.1, 0.15) is 18.1 Å². The molecule has 0 saturated heterocycles. The summed E-state index contributed by atoms with van der Waals surface area (Å²) in [4.78, 5) is 16.1. The molecule has 0 bridgehead atoms. The second kappa shape index (κ2) is 8.98. The van der Waals surface area contributed by atoms with Crippen molar-refractivity contribution in [3.05, 3.63) is 76.9 Å². The maximum Gasteiger partial charge on any atom is 0.224 e. The highest BCUT2D eigenvalue weighted by molar-refractivity contribution is 5.78. The number of nitrogens with zero attached hydrogens (tertiary/aromatic N) is 2. The van der Waals surface area contributed by atoms with Crippen molar-refractivity contribution in [2.24, 2.45) is 0 Å². The first-order chi connectivity index (χ1) is 13.1. The number of hydrogen-bond acceptors (Lipinski definition) is 5. The van der Waals surface area contributed by atoms with Gasteiger partial charge in [-0.05, 0) is 49.6 Å². The van der Waals surface area contributed by atoms with Crippen molar-refractivity contribution in [3.8, 4) is 5.75 Å². The zero-order valence-electron chi connectivity index (χ0n) is 15.6. The monoisotopic (exact) mass is 365 g/mol. The van der Waals surface area contributed by atoms with Crippen molar-refractivity contribution < 1.29 is 14.1 Å². The number of nitrogens with one attached hydrogen (secondary N) is 1. The highest BCUT2D eigenvalue weighted by Crippen LogP contribution is 2.18. The minimum atomic E-state index is 0.00304. The Labute approximate surface area is 158 Å². The van der Waals surface area contributed by atoms with Crippen molar-refractivity contribution in [2.75, 3.05) is 6.54 Å². The SMILES string of the molecule is Cc1noc(C)c1COc1ccc(CC(=O)NCCc2cccnc2)cc1. The molecule has 27 heavy (non-hydrogen) atoms. The summed E-state index contributed by atoms with van der Waals surface area (Å²) in [6, 6.07) is 11.5. The molecule has 3 rings (SSSR count). The average molecular weight is 365 g/mol. The molecular weight excluding hydrogens is 342 g/mol. The molecule has 1 amide bonds. The molecule has 0 spiro atoms. The van der Waals surface area contributed by atoms with E-state index in [1.807, 2.05) is 56.4 Å². The summed E-state index contributed by atoms with van der Waals surface area (Å²) in [5.74, 6) is 1.52. The Hall–Kier alpha value is -3.15. The Kier molecular flexibility index (Phi) is 6.20. The largest absolute Gasteiger partial charge is 0.489 e. The summed E-state index contributed by atoms with van der Waals surface area (Å²) >= 11 is 0. The van der Waals surface area contributed by atoms with Crippen LogP contribution in [0.5, 0.6) is 5.75 Å². The van der Waals surface area contributed by atoms with Crippen LogP contribution in [-0.2, 0) is 24.2 Å². The van der Waals surface area contributed by atoms with Crippen LogP contribution < -0.4 is 10.1 Å². The van der Waals surface area contributed by atoms with E-state index in [-0.39, 0.29) is 5.91 Å². The molecular formula is C21H23N3O3. The van der Waals surface area contributed by atoms with Gasteiger partial charge in [-0.15, -0.1) is 0 Å². The van der Waals surface area contributed by atoms with E-state index < -0.39 is 0 Å². The van der Waals surface area contributed by atoms with Crippen LogP contribution in [-0.4, -0.2) is 22.6 Å². The average Bonchev–Trinajstić information content (AvgIpc) is 3.00. The van der Waals surface area contributed by atoms with E-state index in [9.17, 15) is 4.79 Å². The molecule has 0 aliphatic carbocycles. The zero-order chi connectivity index (χ0) is 19.1. The summed E-state index contributed by atoms with van der Waals surface area (Å²) in [5, 5.41) is 6.85. The van der Waals surface area contributed by atoms with Crippen molar-refractivity contribution >= 4 is 5.91 Å². The van der Waals surface area contributed by atoms with Gasteiger partial charge in [0.05, 0.1) is 17.7 Å². The lowest BCUT2D eigenvalue weighted by atomic mass is 10.1. The molecule has 0 fully saturated rings. The van der Waals surface area contributed by atoms with E-state index in [1.54, 1.807) is 6.20 Å². The standard InChI is InChI=1S/C21H23N3O3/c1-15-20(16(2)27-24-15)14-26-19-7-5-17(6-8-19)12-21(25)23-11-9-18-4-3-10-22-13-18/h3-8,10,13H,9,11-12,14H2,1-2H3,(H,23,25). The quantitative estimate of drug-likeness (QED) is 0.663. The topological polar surface area (TPSA) is 77.2 Å². The van der Waals surface area contributed by atoms with E-state index in [0.29, 0.717) is 19.6 Å². The number of pyridine rings is 1. The molecule has 1 aromatic carbocycles. The van der Waals surface area contributed by atoms with Gasteiger partial charge in [-0.2, -0.15) is 0 Å². The van der Waals surface area contributed by atoms with Crippen molar-refractivity contribution in [1.82, 2.24) is 15.5 Å². The van der Waals surface area contributed by atoms with Crippen LogP contribution in [0.4, 0.5) is 0 Å². The fraction of sp³-hybridized carbons (Fsp3) is 0.286. The molecule has 0 radical (unpaired) electrons. The molecule has 6 heteroatoms. The van der Waals surface area contributed by atoms with Gasteiger partial charge in [0.2, 0.25) is 5.91 Å². The van der Waals surface area contributed by atoms with Crippen molar-refractivity contribution in [3.63, 3.8) is 0 Å². The minimum Gasteiger partial charge on any atom is -0.489 e. The van der Waals surface area contributed by atoms with E-state index in [4.69, 9.17) is 9.26 Å². The molecule has 0 atom stereocenters. The number of amides is 1. The summed E-state index contributed by atoms with van der Waals surface area (Å²) < 4.78 is 10.9. The Morgan fingerprint density at radius 1 is 1.15 bits per heavy atom. The van der Waals surface area contributed by atoms with Gasteiger partial charge in [-0.3, -0.25) is 9.78 Å². The molecule has 140 valence electrons. The Balaban J connectivity index is 1.43. The molecule has 0 unspecified atom stereocenters. The van der Waals surface area contributed by atoms with Crippen LogP contribution in [0.1, 0.15) is 28.1 Å². The first-order valence-corrected chi connectivity index (χ1v) is 8.91. The number of benzene rings is 1. The molecule has 3 aromatic rings. The van der Waals surface area contributed by atoms with Gasteiger partial charge in [0.25, 0.3) is 0 Å². The highest BCUT2D eigenvalue weighted by Gasteiger charge is 2.10. The third-order valence-corrected chi connectivity index (χ3v) is 4.31. The summed E-state index contributed by atoms with van der Waals surface area (Å²) in [6.45, 7) is 4.78. The van der Waals surface area contributed by atoms with Crippen molar-refractivity contribution in [1.29, 1.82) is 0 Å². The van der Waals surface area contributed by atoms with Crippen LogP contribution in [0.15, 0.2) is 53.3 Å². The summed E-state index contributed by atoms with van der Waals surface area (Å²) in [7, 11) is 0. The van der Waals surface area contributed by atoms with Gasteiger partial charge in [-0.25, -0.2) is 0 Å². The lowest BCUT2D eigenvalue weighted by molar-refractivity contribution is -0.120. The molecule has 2 heterocycles. The normalized spacial score (nSPS) is 10.6. The Morgan fingerprint density at radius 3 is 2.63 bits per heavy atom. The molecule has 0 aliphatic heterocycles. The summed E-state index contributed by atoms with van der Waals surface area (Å²) in [5.41, 5.74) is 3.86. The second-order valence-corrected chi connectivity index (χ2v) is 6.37. The van der Waals surface area contributed by atoms with Crippen LogP contribution in [0.3, 0.4) is 0 Å². The van der Waals surface area contributed by atoms with Crippen LogP contribution in [0.25, 0.3) is 0 Å². The number of carbonyl (C=O) groups excluding carboxylic acids is 1. The number of carbonyl (C=O) groups is 1. The summed E-state index contributed by atoms with van der Waals surface area (Å²) in [6.07, 6.45) is 4.67. The van der Waals surface area contributed by atoms with Gasteiger partial charge in [0, 0.05) is 18.9 Å². The molecule has 0 aliphatic rings. The molecule has 6 nitrogen and oxygen atoms in total. The van der Waals surface area contributed by atoms with Gasteiger partial charge in [-0.1, -0.05) is 23.4 Å².